The maximum Gasteiger partial charge on any atom is 0.256 e. The van der Waals surface area contributed by atoms with Crippen molar-refractivity contribution in [2.24, 2.45) is 0 Å². The highest BCUT2D eigenvalue weighted by Crippen LogP contribution is 2.39. The van der Waals surface area contributed by atoms with Crippen LogP contribution in [0.3, 0.4) is 0 Å². The molecule has 37 heavy (non-hydrogen) atoms. The van der Waals surface area contributed by atoms with Gasteiger partial charge in [0.15, 0.2) is 0 Å². The van der Waals surface area contributed by atoms with Crippen molar-refractivity contribution in [2.45, 2.75) is 19.5 Å². The number of hydrogen-bond donors (Lipinski definition) is 2. The van der Waals surface area contributed by atoms with Crippen LogP contribution in [0.4, 0.5) is 11.4 Å². The highest BCUT2D eigenvalue weighted by molar-refractivity contribution is 6.08. The van der Waals surface area contributed by atoms with Crippen LogP contribution < -0.4 is 29.6 Å². The van der Waals surface area contributed by atoms with Crippen molar-refractivity contribution in [2.75, 3.05) is 45.6 Å². The van der Waals surface area contributed by atoms with E-state index in [9.17, 15) is 9.59 Å². The van der Waals surface area contributed by atoms with Crippen LogP contribution in [0.1, 0.15) is 45.8 Å². The average molecular weight is 506 g/mol. The molecule has 0 saturated carbocycles. The predicted octanol–water partition coefficient (Wildman–Crippen LogP) is 4.95. The second kappa shape index (κ2) is 11.1. The van der Waals surface area contributed by atoms with E-state index in [1.807, 2.05) is 25.1 Å². The van der Waals surface area contributed by atoms with E-state index >= 15 is 0 Å². The Morgan fingerprint density at radius 3 is 2.05 bits per heavy atom. The fourth-order valence-corrected chi connectivity index (χ4v) is 4.35. The van der Waals surface area contributed by atoms with Gasteiger partial charge in [-0.05, 0) is 42.8 Å². The van der Waals surface area contributed by atoms with Gasteiger partial charge in [-0.15, -0.1) is 0 Å². The zero-order valence-electron chi connectivity index (χ0n) is 21.6. The summed E-state index contributed by atoms with van der Waals surface area (Å²) in [6.45, 7) is 2.57. The molecule has 9 heteroatoms. The van der Waals surface area contributed by atoms with Crippen LogP contribution in [-0.2, 0) is 0 Å². The van der Waals surface area contributed by atoms with E-state index in [4.69, 9.17) is 18.9 Å². The minimum absolute atomic E-state index is 0.140. The highest BCUT2D eigenvalue weighted by atomic mass is 16.5. The van der Waals surface area contributed by atoms with Crippen LogP contribution >= 0.6 is 0 Å². The van der Waals surface area contributed by atoms with E-state index in [2.05, 4.69) is 10.6 Å². The van der Waals surface area contributed by atoms with Gasteiger partial charge in [-0.2, -0.15) is 0 Å². The van der Waals surface area contributed by atoms with Crippen LogP contribution in [0, 0.1) is 0 Å². The summed E-state index contributed by atoms with van der Waals surface area (Å²) >= 11 is 0. The van der Waals surface area contributed by atoms with Crippen molar-refractivity contribution in [3.8, 4) is 23.0 Å². The third-order valence-corrected chi connectivity index (χ3v) is 6.24. The SMILES string of the molecule is CCCN1C(=O)c2cc(C(=O)Nc3ccc(OC)cc3OC)ccc2[C@H]1Nc1ccc(OC)cc1OC. The summed E-state index contributed by atoms with van der Waals surface area (Å²) in [4.78, 5) is 28.3. The number of amides is 2. The Bertz CT molecular complexity index is 1310. The van der Waals surface area contributed by atoms with E-state index in [1.165, 1.54) is 7.11 Å². The molecule has 0 saturated heterocycles. The number of nitrogens with zero attached hydrogens (tertiary/aromatic N) is 1. The zero-order chi connectivity index (χ0) is 26.5. The molecule has 1 atom stereocenters. The molecule has 0 aliphatic carbocycles. The zero-order valence-corrected chi connectivity index (χ0v) is 21.6. The van der Waals surface area contributed by atoms with Crippen molar-refractivity contribution in [1.29, 1.82) is 0 Å². The van der Waals surface area contributed by atoms with E-state index in [0.717, 1.165) is 17.7 Å². The van der Waals surface area contributed by atoms with E-state index < -0.39 is 6.17 Å². The average Bonchev–Trinajstić information content (AvgIpc) is 3.19. The van der Waals surface area contributed by atoms with Gasteiger partial charge in [-0.1, -0.05) is 13.0 Å². The summed E-state index contributed by atoms with van der Waals surface area (Å²) in [5.74, 6) is 1.85. The number of methoxy groups -OCH3 is 4. The molecule has 0 unspecified atom stereocenters. The first-order chi connectivity index (χ1) is 17.9. The van der Waals surface area contributed by atoms with Gasteiger partial charge in [0.25, 0.3) is 11.8 Å². The molecule has 3 aromatic carbocycles. The first-order valence-electron chi connectivity index (χ1n) is 11.9. The smallest absolute Gasteiger partial charge is 0.256 e. The maximum absolute atomic E-state index is 13.4. The molecule has 0 spiro atoms. The molecule has 1 aliphatic heterocycles. The number of carbonyl (C=O) groups excluding carboxylic acids is 2. The van der Waals surface area contributed by atoms with Crippen LogP contribution in [0.25, 0.3) is 0 Å². The number of carbonyl (C=O) groups is 2. The van der Waals surface area contributed by atoms with Crippen molar-refractivity contribution < 1.29 is 28.5 Å². The molecule has 0 aromatic heterocycles. The Kier molecular flexibility index (Phi) is 7.71. The molecule has 4 rings (SSSR count). The fourth-order valence-electron chi connectivity index (χ4n) is 4.35. The Balaban J connectivity index is 1.63. The van der Waals surface area contributed by atoms with Crippen LogP contribution in [0.15, 0.2) is 54.6 Å². The second-order valence-electron chi connectivity index (χ2n) is 8.43. The molecule has 1 aliphatic rings. The summed E-state index contributed by atoms with van der Waals surface area (Å²) in [5, 5.41) is 6.30. The molecule has 0 fully saturated rings. The molecule has 0 bridgehead atoms. The van der Waals surface area contributed by atoms with Gasteiger partial charge in [0.05, 0.1) is 39.8 Å². The normalized spacial score (nSPS) is 14.1. The number of nitrogens with one attached hydrogen (secondary N) is 2. The molecule has 2 amide bonds. The predicted molar refractivity (Wildman–Crippen MR) is 141 cm³/mol. The lowest BCUT2D eigenvalue weighted by molar-refractivity contribution is 0.0743. The van der Waals surface area contributed by atoms with Crippen LogP contribution in [-0.4, -0.2) is 51.7 Å². The Labute approximate surface area is 216 Å². The van der Waals surface area contributed by atoms with Crippen molar-refractivity contribution in [3.05, 3.63) is 71.3 Å². The minimum Gasteiger partial charge on any atom is -0.497 e. The van der Waals surface area contributed by atoms with Crippen molar-refractivity contribution in [1.82, 2.24) is 4.90 Å². The standard InChI is InChI=1S/C28H31N3O6/c1-6-13-31-26(29-22-11-8-18(34-2)15-24(22)36-4)20-10-7-17(14-21(20)28(31)33)27(32)30-23-12-9-19(35-3)16-25(23)37-5/h7-12,14-16,26,29H,6,13H2,1-5H3,(H,30,32)/t26-/m0/s1. The van der Waals surface area contributed by atoms with Gasteiger partial charge in [0.1, 0.15) is 29.2 Å². The van der Waals surface area contributed by atoms with Gasteiger partial charge < -0.3 is 34.5 Å². The highest BCUT2D eigenvalue weighted by Gasteiger charge is 2.37. The molecular weight excluding hydrogens is 474 g/mol. The van der Waals surface area contributed by atoms with Gasteiger partial charge in [-0.3, -0.25) is 9.59 Å². The first kappa shape index (κ1) is 25.7. The lowest BCUT2D eigenvalue weighted by atomic mass is 10.0. The molecular formula is C28H31N3O6. The largest absolute Gasteiger partial charge is 0.497 e. The molecule has 0 radical (unpaired) electrons. The topological polar surface area (TPSA) is 98.4 Å². The van der Waals surface area contributed by atoms with Gasteiger partial charge >= 0.3 is 0 Å². The number of fused-ring (bicyclic) bond motifs is 1. The Morgan fingerprint density at radius 2 is 1.46 bits per heavy atom. The molecule has 2 N–H and O–H groups in total. The maximum atomic E-state index is 13.4. The Hall–Kier alpha value is -4.40. The lowest BCUT2D eigenvalue weighted by Crippen LogP contribution is -2.33. The third-order valence-electron chi connectivity index (χ3n) is 6.24. The number of ether oxygens (including phenoxy) is 4. The minimum atomic E-state index is -0.413. The van der Waals surface area contributed by atoms with E-state index in [0.29, 0.717) is 46.4 Å². The van der Waals surface area contributed by atoms with Crippen molar-refractivity contribution in [3.63, 3.8) is 0 Å². The lowest BCUT2D eigenvalue weighted by Gasteiger charge is -2.27. The summed E-state index contributed by atoms with van der Waals surface area (Å²) in [5.41, 5.74) is 2.86. The van der Waals surface area contributed by atoms with E-state index in [1.54, 1.807) is 62.6 Å². The Morgan fingerprint density at radius 1 is 0.838 bits per heavy atom. The molecule has 9 nitrogen and oxygen atoms in total. The molecule has 3 aromatic rings. The second-order valence-corrected chi connectivity index (χ2v) is 8.43. The quantitative estimate of drug-likeness (QED) is 0.402. The van der Waals surface area contributed by atoms with Crippen molar-refractivity contribution >= 4 is 23.2 Å². The first-order valence-corrected chi connectivity index (χ1v) is 11.9. The summed E-state index contributed by atoms with van der Waals surface area (Å²) in [7, 11) is 6.25. The van der Waals surface area contributed by atoms with E-state index in [-0.39, 0.29) is 11.8 Å². The van der Waals surface area contributed by atoms with Gasteiger partial charge in [0, 0.05) is 35.4 Å². The van der Waals surface area contributed by atoms with Crippen LogP contribution in [0.5, 0.6) is 23.0 Å². The van der Waals surface area contributed by atoms with Crippen LogP contribution in [0.2, 0.25) is 0 Å². The van der Waals surface area contributed by atoms with Gasteiger partial charge in [0.2, 0.25) is 0 Å². The molecule has 1 heterocycles. The monoisotopic (exact) mass is 505 g/mol. The summed E-state index contributed by atoms with van der Waals surface area (Å²) in [6.07, 6.45) is 0.367. The molecule has 194 valence electrons. The third kappa shape index (κ3) is 5.11. The number of hydrogen-bond acceptors (Lipinski definition) is 7. The number of anilines is 2. The van der Waals surface area contributed by atoms with Gasteiger partial charge in [-0.25, -0.2) is 0 Å². The fraction of sp³-hybridized carbons (Fsp3) is 0.286. The number of rotatable bonds is 10. The summed E-state index contributed by atoms with van der Waals surface area (Å²) < 4.78 is 21.4. The number of benzene rings is 3. The summed E-state index contributed by atoms with van der Waals surface area (Å²) in [6, 6.07) is 15.8.